The second-order valence-corrected chi connectivity index (χ2v) is 2.62. The summed E-state index contributed by atoms with van der Waals surface area (Å²) in [4.78, 5) is 10.1. The SMILES string of the molecule is Cc1cc(CN)ccc1NC=O. The average molecular weight is 164 g/mol. The number of anilines is 1. The van der Waals surface area contributed by atoms with E-state index in [0.717, 1.165) is 16.8 Å². The summed E-state index contributed by atoms with van der Waals surface area (Å²) in [5.74, 6) is 0. The Labute approximate surface area is 71.6 Å². The van der Waals surface area contributed by atoms with Crippen LogP contribution in [0.4, 0.5) is 5.69 Å². The van der Waals surface area contributed by atoms with Gasteiger partial charge in [-0.25, -0.2) is 0 Å². The van der Waals surface area contributed by atoms with Crippen LogP contribution in [0.1, 0.15) is 11.1 Å². The van der Waals surface area contributed by atoms with Gasteiger partial charge in [-0.3, -0.25) is 4.79 Å². The molecule has 3 nitrogen and oxygen atoms in total. The van der Waals surface area contributed by atoms with Gasteiger partial charge in [0, 0.05) is 12.2 Å². The van der Waals surface area contributed by atoms with Crippen LogP contribution in [0.5, 0.6) is 0 Å². The van der Waals surface area contributed by atoms with E-state index in [9.17, 15) is 4.79 Å². The van der Waals surface area contributed by atoms with E-state index in [2.05, 4.69) is 5.32 Å². The molecule has 1 rings (SSSR count). The van der Waals surface area contributed by atoms with Crippen LogP contribution in [-0.2, 0) is 11.3 Å². The van der Waals surface area contributed by atoms with E-state index in [1.54, 1.807) is 0 Å². The lowest BCUT2D eigenvalue weighted by Gasteiger charge is -2.05. The van der Waals surface area contributed by atoms with Gasteiger partial charge in [0.1, 0.15) is 0 Å². The number of hydrogen-bond acceptors (Lipinski definition) is 2. The highest BCUT2D eigenvalue weighted by Gasteiger charge is 1.96. The van der Waals surface area contributed by atoms with Gasteiger partial charge in [-0.05, 0) is 24.1 Å². The van der Waals surface area contributed by atoms with Gasteiger partial charge in [0.15, 0.2) is 0 Å². The molecule has 0 aliphatic heterocycles. The first-order valence-electron chi connectivity index (χ1n) is 3.77. The molecule has 0 atom stereocenters. The summed E-state index contributed by atoms with van der Waals surface area (Å²) in [7, 11) is 0. The fraction of sp³-hybridized carbons (Fsp3) is 0.222. The molecular weight excluding hydrogens is 152 g/mol. The lowest BCUT2D eigenvalue weighted by Crippen LogP contribution is -2.00. The van der Waals surface area contributed by atoms with E-state index in [1.165, 1.54) is 0 Å². The third-order valence-electron chi connectivity index (χ3n) is 1.74. The van der Waals surface area contributed by atoms with Crippen molar-refractivity contribution in [2.45, 2.75) is 13.5 Å². The summed E-state index contributed by atoms with van der Waals surface area (Å²) in [6.07, 6.45) is 0.671. The predicted molar refractivity (Wildman–Crippen MR) is 48.8 cm³/mol. The molecule has 0 spiro atoms. The number of nitrogens with two attached hydrogens (primary N) is 1. The quantitative estimate of drug-likeness (QED) is 0.655. The third-order valence-corrected chi connectivity index (χ3v) is 1.74. The molecule has 0 aliphatic rings. The monoisotopic (exact) mass is 164 g/mol. The van der Waals surface area contributed by atoms with Gasteiger partial charge in [-0.15, -0.1) is 0 Å². The molecular formula is C9H12N2O. The van der Waals surface area contributed by atoms with Gasteiger partial charge < -0.3 is 11.1 Å². The Kier molecular flexibility index (Phi) is 2.82. The van der Waals surface area contributed by atoms with E-state index in [4.69, 9.17) is 5.73 Å². The highest BCUT2D eigenvalue weighted by molar-refractivity contribution is 5.73. The Morgan fingerprint density at radius 2 is 2.33 bits per heavy atom. The molecule has 1 aromatic carbocycles. The number of benzene rings is 1. The van der Waals surface area contributed by atoms with Crippen LogP contribution < -0.4 is 11.1 Å². The van der Waals surface area contributed by atoms with Crippen LogP contribution in [0.15, 0.2) is 18.2 Å². The minimum Gasteiger partial charge on any atom is -0.328 e. The summed E-state index contributed by atoms with van der Waals surface area (Å²) < 4.78 is 0. The summed E-state index contributed by atoms with van der Waals surface area (Å²) in [5.41, 5.74) is 8.39. The van der Waals surface area contributed by atoms with E-state index in [1.807, 2.05) is 25.1 Å². The maximum atomic E-state index is 10.1. The van der Waals surface area contributed by atoms with Crippen LogP contribution in [0, 0.1) is 6.92 Å². The second kappa shape index (κ2) is 3.88. The minimum absolute atomic E-state index is 0.530. The second-order valence-electron chi connectivity index (χ2n) is 2.62. The molecule has 0 saturated carbocycles. The van der Waals surface area contributed by atoms with Crippen LogP contribution >= 0.6 is 0 Å². The minimum atomic E-state index is 0.530. The number of carbonyl (C=O) groups is 1. The zero-order valence-corrected chi connectivity index (χ0v) is 7.00. The Balaban J connectivity index is 2.94. The highest BCUT2D eigenvalue weighted by atomic mass is 16.1. The number of rotatable bonds is 3. The number of hydrogen-bond donors (Lipinski definition) is 2. The maximum Gasteiger partial charge on any atom is 0.211 e. The standard InChI is InChI=1S/C9H12N2O/c1-7-4-8(5-10)2-3-9(7)11-6-12/h2-4,6H,5,10H2,1H3,(H,11,12). The summed E-state index contributed by atoms with van der Waals surface area (Å²) in [6.45, 7) is 2.47. The molecule has 0 bridgehead atoms. The molecule has 64 valence electrons. The first kappa shape index (κ1) is 8.74. The van der Waals surface area contributed by atoms with Gasteiger partial charge >= 0.3 is 0 Å². The molecule has 3 N–H and O–H groups in total. The summed E-state index contributed by atoms with van der Waals surface area (Å²) in [5, 5.41) is 2.61. The normalized spacial score (nSPS) is 9.50. The van der Waals surface area contributed by atoms with Crippen molar-refractivity contribution < 1.29 is 4.79 Å². The van der Waals surface area contributed by atoms with Crippen LogP contribution in [0.2, 0.25) is 0 Å². The summed E-state index contributed by atoms with van der Waals surface area (Å²) >= 11 is 0. The molecule has 0 unspecified atom stereocenters. The van der Waals surface area contributed by atoms with Crippen molar-refractivity contribution in [1.29, 1.82) is 0 Å². The summed E-state index contributed by atoms with van der Waals surface area (Å²) in [6, 6.07) is 5.72. The molecule has 0 heterocycles. The van der Waals surface area contributed by atoms with Crippen molar-refractivity contribution in [1.82, 2.24) is 0 Å². The third kappa shape index (κ3) is 1.83. The molecule has 3 heteroatoms. The van der Waals surface area contributed by atoms with Crippen LogP contribution in [-0.4, -0.2) is 6.41 Å². The number of carbonyl (C=O) groups excluding carboxylic acids is 1. The Morgan fingerprint density at radius 3 is 2.83 bits per heavy atom. The lowest BCUT2D eigenvalue weighted by molar-refractivity contribution is -0.105. The Morgan fingerprint density at radius 1 is 1.58 bits per heavy atom. The highest BCUT2D eigenvalue weighted by Crippen LogP contribution is 2.15. The molecule has 0 aromatic heterocycles. The zero-order valence-electron chi connectivity index (χ0n) is 7.00. The van der Waals surface area contributed by atoms with E-state index >= 15 is 0 Å². The smallest absolute Gasteiger partial charge is 0.211 e. The fourth-order valence-corrected chi connectivity index (χ4v) is 1.08. The number of aryl methyl sites for hydroxylation is 1. The lowest BCUT2D eigenvalue weighted by atomic mass is 10.1. The maximum absolute atomic E-state index is 10.1. The number of amides is 1. The van der Waals surface area contributed by atoms with Gasteiger partial charge in [0.2, 0.25) is 6.41 Å². The predicted octanol–water partition coefficient (Wildman–Crippen LogP) is 1.02. The van der Waals surface area contributed by atoms with Crippen molar-refractivity contribution >= 4 is 12.1 Å². The fourth-order valence-electron chi connectivity index (χ4n) is 1.08. The molecule has 0 radical (unpaired) electrons. The van der Waals surface area contributed by atoms with Crippen molar-refractivity contribution in [2.75, 3.05) is 5.32 Å². The van der Waals surface area contributed by atoms with E-state index in [0.29, 0.717) is 13.0 Å². The first-order valence-corrected chi connectivity index (χ1v) is 3.77. The van der Waals surface area contributed by atoms with Crippen LogP contribution in [0.25, 0.3) is 0 Å². The van der Waals surface area contributed by atoms with E-state index in [-0.39, 0.29) is 0 Å². The molecule has 0 saturated heterocycles. The molecule has 12 heavy (non-hydrogen) atoms. The zero-order chi connectivity index (χ0) is 8.97. The van der Waals surface area contributed by atoms with E-state index < -0.39 is 0 Å². The average Bonchev–Trinajstić information content (AvgIpc) is 2.09. The molecule has 0 fully saturated rings. The van der Waals surface area contributed by atoms with Gasteiger partial charge in [-0.1, -0.05) is 12.1 Å². The van der Waals surface area contributed by atoms with Crippen molar-refractivity contribution in [2.24, 2.45) is 5.73 Å². The molecule has 1 amide bonds. The van der Waals surface area contributed by atoms with Gasteiger partial charge in [0.05, 0.1) is 0 Å². The molecule has 0 aliphatic carbocycles. The Bertz CT molecular complexity index is 284. The van der Waals surface area contributed by atoms with Crippen LogP contribution in [0.3, 0.4) is 0 Å². The Hall–Kier alpha value is -1.35. The van der Waals surface area contributed by atoms with Gasteiger partial charge in [-0.2, -0.15) is 0 Å². The number of nitrogens with one attached hydrogen (secondary N) is 1. The topological polar surface area (TPSA) is 55.1 Å². The molecule has 1 aromatic rings. The van der Waals surface area contributed by atoms with Gasteiger partial charge in [0.25, 0.3) is 0 Å². The first-order chi connectivity index (χ1) is 5.77. The van der Waals surface area contributed by atoms with Crippen molar-refractivity contribution in [3.05, 3.63) is 29.3 Å². The van der Waals surface area contributed by atoms with Crippen molar-refractivity contribution in [3.63, 3.8) is 0 Å². The van der Waals surface area contributed by atoms with Crippen molar-refractivity contribution in [3.8, 4) is 0 Å². The largest absolute Gasteiger partial charge is 0.328 e.